The summed E-state index contributed by atoms with van der Waals surface area (Å²) in [6.45, 7) is 0. The van der Waals surface area contributed by atoms with Crippen LogP contribution in [0, 0.1) is 0 Å². The number of hydrogen-bond donors (Lipinski definition) is 1. The molecule has 0 fully saturated rings. The van der Waals surface area contributed by atoms with E-state index in [0.29, 0.717) is 11.8 Å². The maximum Gasteiger partial charge on any atom is 0.256 e. The molecule has 2 aromatic rings. The highest BCUT2D eigenvalue weighted by molar-refractivity contribution is 5.60. The molecule has 0 aliphatic carbocycles. The summed E-state index contributed by atoms with van der Waals surface area (Å²) in [5, 5.41) is 0. The Kier molecular flexibility index (Phi) is 3.47. The SMILES string of the molecule is CN(C)/C=N/c1nc(N)nc(-c2ccccc2)n1. The van der Waals surface area contributed by atoms with E-state index in [0.717, 1.165) is 5.56 Å². The van der Waals surface area contributed by atoms with Gasteiger partial charge < -0.3 is 10.6 Å². The summed E-state index contributed by atoms with van der Waals surface area (Å²) in [7, 11) is 3.73. The maximum absolute atomic E-state index is 5.65. The third kappa shape index (κ3) is 3.00. The van der Waals surface area contributed by atoms with Crippen LogP contribution in [0.4, 0.5) is 11.9 Å². The fraction of sp³-hybridized carbons (Fsp3) is 0.167. The van der Waals surface area contributed by atoms with Crippen LogP contribution in [0.25, 0.3) is 11.4 Å². The summed E-state index contributed by atoms with van der Waals surface area (Å²) >= 11 is 0. The van der Waals surface area contributed by atoms with Crippen molar-refractivity contribution in [1.82, 2.24) is 19.9 Å². The molecule has 18 heavy (non-hydrogen) atoms. The number of aromatic nitrogens is 3. The molecule has 2 N–H and O–H groups in total. The molecule has 1 heterocycles. The molecular formula is C12H14N6. The molecule has 2 rings (SSSR count). The van der Waals surface area contributed by atoms with Crippen molar-refractivity contribution in [2.75, 3.05) is 19.8 Å². The van der Waals surface area contributed by atoms with Crippen molar-refractivity contribution >= 4 is 18.2 Å². The van der Waals surface area contributed by atoms with E-state index in [4.69, 9.17) is 5.73 Å². The summed E-state index contributed by atoms with van der Waals surface area (Å²) < 4.78 is 0. The van der Waals surface area contributed by atoms with Crippen molar-refractivity contribution in [2.24, 2.45) is 4.99 Å². The second-order valence-electron chi connectivity index (χ2n) is 3.89. The van der Waals surface area contributed by atoms with E-state index in [1.807, 2.05) is 44.4 Å². The van der Waals surface area contributed by atoms with Gasteiger partial charge in [-0.1, -0.05) is 30.3 Å². The predicted molar refractivity (Wildman–Crippen MR) is 71.5 cm³/mol. The van der Waals surface area contributed by atoms with E-state index < -0.39 is 0 Å². The highest BCUT2D eigenvalue weighted by Crippen LogP contribution is 2.17. The highest BCUT2D eigenvalue weighted by atomic mass is 15.2. The normalized spacial score (nSPS) is 10.8. The Morgan fingerprint density at radius 1 is 1.11 bits per heavy atom. The minimum atomic E-state index is 0.162. The van der Waals surface area contributed by atoms with E-state index in [1.54, 1.807) is 11.2 Å². The highest BCUT2D eigenvalue weighted by Gasteiger charge is 2.05. The number of anilines is 1. The molecule has 0 radical (unpaired) electrons. The quantitative estimate of drug-likeness (QED) is 0.649. The molecule has 6 heteroatoms. The fourth-order valence-corrected chi connectivity index (χ4v) is 1.32. The van der Waals surface area contributed by atoms with Gasteiger partial charge in [0, 0.05) is 19.7 Å². The van der Waals surface area contributed by atoms with Crippen LogP contribution < -0.4 is 5.73 Å². The van der Waals surface area contributed by atoms with Gasteiger partial charge in [0.15, 0.2) is 5.82 Å². The molecular weight excluding hydrogens is 228 g/mol. The third-order valence-corrected chi connectivity index (χ3v) is 2.08. The van der Waals surface area contributed by atoms with Gasteiger partial charge in [0.2, 0.25) is 5.95 Å². The molecule has 0 bridgehead atoms. The lowest BCUT2D eigenvalue weighted by Crippen LogP contribution is -2.08. The minimum absolute atomic E-state index is 0.162. The van der Waals surface area contributed by atoms with Crippen molar-refractivity contribution in [3.63, 3.8) is 0 Å². The van der Waals surface area contributed by atoms with Gasteiger partial charge in [-0.15, -0.1) is 0 Å². The minimum Gasteiger partial charge on any atom is -0.369 e. The van der Waals surface area contributed by atoms with Crippen molar-refractivity contribution < 1.29 is 0 Å². The molecule has 0 saturated carbocycles. The van der Waals surface area contributed by atoms with Crippen molar-refractivity contribution in [1.29, 1.82) is 0 Å². The maximum atomic E-state index is 5.65. The Morgan fingerprint density at radius 2 is 1.83 bits per heavy atom. The first-order valence-corrected chi connectivity index (χ1v) is 5.43. The topological polar surface area (TPSA) is 80.3 Å². The lowest BCUT2D eigenvalue weighted by Gasteiger charge is -2.04. The second-order valence-corrected chi connectivity index (χ2v) is 3.89. The van der Waals surface area contributed by atoms with Crippen LogP contribution in [0.15, 0.2) is 35.3 Å². The van der Waals surface area contributed by atoms with Crippen LogP contribution in [0.5, 0.6) is 0 Å². The monoisotopic (exact) mass is 242 g/mol. The number of aliphatic imine (C=N–C) groups is 1. The number of rotatable bonds is 3. The molecule has 1 aromatic heterocycles. The van der Waals surface area contributed by atoms with Crippen LogP contribution in [0.3, 0.4) is 0 Å². The first kappa shape index (κ1) is 12.0. The average Bonchev–Trinajstić information content (AvgIpc) is 2.37. The fourth-order valence-electron chi connectivity index (χ4n) is 1.32. The molecule has 0 unspecified atom stereocenters. The Labute approximate surface area is 105 Å². The van der Waals surface area contributed by atoms with Gasteiger partial charge in [-0.3, -0.25) is 0 Å². The van der Waals surface area contributed by atoms with Crippen LogP contribution >= 0.6 is 0 Å². The zero-order valence-corrected chi connectivity index (χ0v) is 10.3. The molecule has 0 spiro atoms. The summed E-state index contributed by atoms with van der Waals surface area (Å²) in [6.07, 6.45) is 1.61. The van der Waals surface area contributed by atoms with Gasteiger partial charge in [-0.05, 0) is 0 Å². The Balaban J connectivity index is 2.38. The Bertz CT molecular complexity index is 550. The second kappa shape index (κ2) is 5.22. The van der Waals surface area contributed by atoms with E-state index in [9.17, 15) is 0 Å². The van der Waals surface area contributed by atoms with E-state index in [1.165, 1.54) is 0 Å². The number of nitrogens with two attached hydrogens (primary N) is 1. The van der Waals surface area contributed by atoms with E-state index in [-0.39, 0.29) is 5.95 Å². The standard InChI is InChI=1S/C12H14N6/c1-18(2)8-14-12-16-10(15-11(13)17-12)9-6-4-3-5-7-9/h3-8H,1-2H3,(H2,13,15,16,17)/b14-8+. The summed E-state index contributed by atoms with van der Waals surface area (Å²) in [6, 6.07) is 9.58. The van der Waals surface area contributed by atoms with Crippen molar-refractivity contribution in [3.8, 4) is 11.4 Å². The van der Waals surface area contributed by atoms with Gasteiger partial charge in [0.05, 0.1) is 6.34 Å². The molecule has 0 atom stereocenters. The Morgan fingerprint density at radius 3 is 2.50 bits per heavy atom. The number of nitrogen functional groups attached to an aromatic ring is 1. The number of benzene rings is 1. The average molecular weight is 242 g/mol. The molecule has 0 amide bonds. The van der Waals surface area contributed by atoms with Gasteiger partial charge in [0.1, 0.15) is 0 Å². The van der Waals surface area contributed by atoms with Gasteiger partial charge >= 0.3 is 0 Å². The van der Waals surface area contributed by atoms with Crippen LogP contribution in [0.1, 0.15) is 0 Å². The van der Waals surface area contributed by atoms with E-state index in [2.05, 4.69) is 19.9 Å². The largest absolute Gasteiger partial charge is 0.369 e. The van der Waals surface area contributed by atoms with Crippen LogP contribution in [-0.4, -0.2) is 40.3 Å². The lowest BCUT2D eigenvalue weighted by atomic mass is 10.2. The summed E-state index contributed by atoms with van der Waals surface area (Å²) in [5.41, 5.74) is 6.54. The van der Waals surface area contributed by atoms with E-state index >= 15 is 0 Å². The zero-order chi connectivity index (χ0) is 13.0. The first-order chi connectivity index (χ1) is 8.65. The van der Waals surface area contributed by atoms with Gasteiger partial charge in [-0.25, -0.2) is 4.99 Å². The van der Waals surface area contributed by atoms with Crippen LogP contribution in [0.2, 0.25) is 0 Å². The van der Waals surface area contributed by atoms with Crippen molar-refractivity contribution in [2.45, 2.75) is 0 Å². The number of nitrogens with zero attached hydrogens (tertiary/aromatic N) is 5. The Hall–Kier alpha value is -2.50. The number of hydrogen-bond acceptors (Lipinski definition) is 5. The van der Waals surface area contributed by atoms with Crippen molar-refractivity contribution in [3.05, 3.63) is 30.3 Å². The molecule has 6 nitrogen and oxygen atoms in total. The zero-order valence-electron chi connectivity index (χ0n) is 10.3. The van der Waals surface area contributed by atoms with Crippen LogP contribution in [-0.2, 0) is 0 Å². The molecule has 92 valence electrons. The molecule has 1 aromatic carbocycles. The lowest BCUT2D eigenvalue weighted by molar-refractivity contribution is 0.642. The van der Waals surface area contributed by atoms with Gasteiger partial charge in [-0.2, -0.15) is 15.0 Å². The summed E-state index contributed by atoms with van der Waals surface area (Å²) in [4.78, 5) is 18.2. The first-order valence-electron chi connectivity index (χ1n) is 5.43. The predicted octanol–water partition coefficient (Wildman–Crippen LogP) is 1.34. The summed E-state index contributed by atoms with van der Waals surface area (Å²) in [5.74, 6) is 0.985. The smallest absolute Gasteiger partial charge is 0.256 e. The molecule has 0 saturated heterocycles. The molecule has 0 aliphatic heterocycles. The molecule has 0 aliphatic rings. The van der Waals surface area contributed by atoms with Gasteiger partial charge in [0.25, 0.3) is 5.95 Å². The third-order valence-electron chi connectivity index (χ3n) is 2.08.